The minimum absolute atomic E-state index is 0.0422. The van der Waals surface area contributed by atoms with Gasteiger partial charge in [-0.15, -0.1) is 0 Å². The molecule has 0 saturated heterocycles. The standard InChI is InChI=1S/C15H18Cl2N4/c1-4-18-15-19-9-13(17)14(20-15)21(3)10(2)11-7-5-6-8-12(11)16/h5-10H,4H2,1-3H3,(H,18,19,20). The van der Waals surface area contributed by atoms with Crippen LogP contribution in [0.3, 0.4) is 0 Å². The van der Waals surface area contributed by atoms with Crippen molar-refractivity contribution in [2.24, 2.45) is 0 Å². The molecule has 0 aliphatic heterocycles. The molecule has 112 valence electrons. The van der Waals surface area contributed by atoms with Gasteiger partial charge in [0, 0.05) is 18.6 Å². The fourth-order valence-electron chi connectivity index (χ4n) is 2.05. The van der Waals surface area contributed by atoms with Gasteiger partial charge in [0.2, 0.25) is 5.95 Å². The predicted molar refractivity (Wildman–Crippen MR) is 89.5 cm³/mol. The minimum atomic E-state index is 0.0422. The summed E-state index contributed by atoms with van der Waals surface area (Å²) in [6, 6.07) is 7.81. The van der Waals surface area contributed by atoms with Crippen LogP contribution >= 0.6 is 23.2 Å². The Labute approximate surface area is 135 Å². The van der Waals surface area contributed by atoms with Crippen molar-refractivity contribution in [1.82, 2.24) is 9.97 Å². The maximum atomic E-state index is 6.27. The topological polar surface area (TPSA) is 41.1 Å². The SMILES string of the molecule is CCNc1ncc(Cl)c(N(C)C(C)c2ccccc2Cl)n1. The van der Waals surface area contributed by atoms with Gasteiger partial charge in [0.25, 0.3) is 0 Å². The van der Waals surface area contributed by atoms with Gasteiger partial charge in [-0.3, -0.25) is 0 Å². The molecule has 1 heterocycles. The normalized spacial score (nSPS) is 12.0. The second-order valence-corrected chi connectivity index (χ2v) is 5.52. The van der Waals surface area contributed by atoms with Crippen molar-refractivity contribution in [2.75, 3.05) is 23.8 Å². The Kier molecular flexibility index (Phi) is 5.26. The molecule has 21 heavy (non-hydrogen) atoms. The highest BCUT2D eigenvalue weighted by molar-refractivity contribution is 6.33. The minimum Gasteiger partial charge on any atom is -0.354 e. The van der Waals surface area contributed by atoms with E-state index >= 15 is 0 Å². The molecule has 1 unspecified atom stereocenters. The number of nitrogens with one attached hydrogen (secondary N) is 1. The molecular weight excluding hydrogens is 307 g/mol. The molecule has 1 atom stereocenters. The summed E-state index contributed by atoms with van der Waals surface area (Å²) in [5, 5.41) is 4.33. The smallest absolute Gasteiger partial charge is 0.224 e. The van der Waals surface area contributed by atoms with Gasteiger partial charge in [-0.05, 0) is 25.5 Å². The van der Waals surface area contributed by atoms with Crippen molar-refractivity contribution < 1.29 is 0 Å². The maximum absolute atomic E-state index is 6.27. The zero-order valence-corrected chi connectivity index (χ0v) is 13.8. The highest BCUT2D eigenvalue weighted by Crippen LogP contribution is 2.32. The average Bonchev–Trinajstić information content (AvgIpc) is 2.48. The molecule has 6 heteroatoms. The van der Waals surface area contributed by atoms with Crippen molar-refractivity contribution in [1.29, 1.82) is 0 Å². The number of benzene rings is 1. The Morgan fingerprint density at radius 3 is 2.62 bits per heavy atom. The van der Waals surface area contributed by atoms with E-state index in [2.05, 4.69) is 22.2 Å². The van der Waals surface area contributed by atoms with Gasteiger partial charge in [0.05, 0.1) is 12.2 Å². The summed E-state index contributed by atoms with van der Waals surface area (Å²) in [4.78, 5) is 10.6. The summed E-state index contributed by atoms with van der Waals surface area (Å²) >= 11 is 12.5. The molecule has 0 fully saturated rings. The van der Waals surface area contributed by atoms with Crippen molar-refractivity contribution in [3.8, 4) is 0 Å². The number of nitrogens with zero attached hydrogens (tertiary/aromatic N) is 3. The van der Waals surface area contributed by atoms with Crippen molar-refractivity contribution >= 4 is 35.0 Å². The number of hydrogen-bond acceptors (Lipinski definition) is 4. The first-order valence-corrected chi connectivity index (χ1v) is 7.53. The molecule has 0 saturated carbocycles. The Bertz CT molecular complexity index is 618. The fraction of sp³-hybridized carbons (Fsp3) is 0.333. The lowest BCUT2D eigenvalue weighted by Crippen LogP contribution is -2.24. The van der Waals surface area contributed by atoms with Crippen molar-refractivity contribution in [3.63, 3.8) is 0 Å². The Morgan fingerprint density at radius 2 is 1.95 bits per heavy atom. The fourth-order valence-corrected chi connectivity index (χ4v) is 2.57. The van der Waals surface area contributed by atoms with Crippen LogP contribution in [-0.4, -0.2) is 23.6 Å². The monoisotopic (exact) mass is 324 g/mol. The van der Waals surface area contributed by atoms with Gasteiger partial charge in [0.1, 0.15) is 5.02 Å². The average molecular weight is 325 g/mol. The van der Waals surface area contributed by atoms with E-state index in [0.717, 1.165) is 17.1 Å². The van der Waals surface area contributed by atoms with E-state index in [0.29, 0.717) is 16.8 Å². The van der Waals surface area contributed by atoms with E-state index in [4.69, 9.17) is 23.2 Å². The summed E-state index contributed by atoms with van der Waals surface area (Å²) in [7, 11) is 1.94. The molecule has 1 N–H and O–H groups in total. The molecule has 2 aromatic rings. The van der Waals surface area contributed by atoms with Gasteiger partial charge < -0.3 is 10.2 Å². The lowest BCUT2D eigenvalue weighted by molar-refractivity contribution is 0.728. The number of anilines is 2. The van der Waals surface area contributed by atoms with E-state index in [1.807, 2.05) is 43.1 Å². The molecule has 4 nitrogen and oxygen atoms in total. The van der Waals surface area contributed by atoms with Crippen LogP contribution in [0.5, 0.6) is 0 Å². The van der Waals surface area contributed by atoms with Gasteiger partial charge >= 0.3 is 0 Å². The van der Waals surface area contributed by atoms with Crippen LogP contribution < -0.4 is 10.2 Å². The van der Waals surface area contributed by atoms with Crippen LogP contribution in [0.4, 0.5) is 11.8 Å². The van der Waals surface area contributed by atoms with Gasteiger partial charge in [0.15, 0.2) is 5.82 Å². The highest BCUT2D eigenvalue weighted by atomic mass is 35.5. The maximum Gasteiger partial charge on any atom is 0.224 e. The number of aromatic nitrogens is 2. The third-order valence-electron chi connectivity index (χ3n) is 3.33. The lowest BCUT2D eigenvalue weighted by atomic mass is 10.1. The first kappa shape index (κ1) is 15.9. The summed E-state index contributed by atoms with van der Waals surface area (Å²) in [6.45, 7) is 4.81. The van der Waals surface area contributed by atoms with E-state index in [1.165, 1.54) is 0 Å². The van der Waals surface area contributed by atoms with Crippen LogP contribution in [0.2, 0.25) is 10.0 Å². The number of halogens is 2. The predicted octanol–water partition coefficient (Wildman–Crippen LogP) is 4.41. The van der Waals surface area contributed by atoms with Crippen LogP contribution in [0.1, 0.15) is 25.5 Å². The molecule has 0 spiro atoms. The van der Waals surface area contributed by atoms with Crippen LogP contribution in [-0.2, 0) is 0 Å². The van der Waals surface area contributed by atoms with Gasteiger partial charge in [-0.25, -0.2) is 4.98 Å². The molecular formula is C15H18Cl2N4. The summed E-state index contributed by atoms with van der Waals surface area (Å²) < 4.78 is 0. The van der Waals surface area contributed by atoms with E-state index in [1.54, 1.807) is 6.20 Å². The molecule has 1 aromatic carbocycles. The zero-order chi connectivity index (χ0) is 15.4. The molecule has 0 aliphatic carbocycles. The third-order valence-corrected chi connectivity index (χ3v) is 3.94. The molecule has 2 rings (SSSR count). The second-order valence-electron chi connectivity index (χ2n) is 4.70. The van der Waals surface area contributed by atoms with Crippen LogP contribution in [0.25, 0.3) is 0 Å². The van der Waals surface area contributed by atoms with Crippen LogP contribution in [0, 0.1) is 0 Å². The van der Waals surface area contributed by atoms with Crippen molar-refractivity contribution in [3.05, 3.63) is 46.1 Å². The van der Waals surface area contributed by atoms with Gasteiger partial charge in [-0.2, -0.15) is 4.98 Å². The first-order valence-electron chi connectivity index (χ1n) is 6.78. The zero-order valence-electron chi connectivity index (χ0n) is 12.3. The van der Waals surface area contributed by atoms with E-state index in [-0.39, 0.29) is 6.04 Å². The lowest BCUT2D eigenvalue weighted by Gasteiger charge is -2.27. The quantitative estimate of drug-likeness (QED) is 0.884. The molecule has 0 bridgehead atoms. The van der Waals surface area contributed by atoms with E-state index in [9.17, 15) is 0 Å². The van der Waals surface area contributed by atoms with Crippen LogP contribution in [0.15, 0.2) is 30.5 Å². The van der Waals surface area contributed by atoms with Gasteiger partial charge in [-0.1, -0.05) is 41.4 Å². The van der Waals surface area contributed by atoms with E-state index < -0.39 is 0 Å². The third kappa shape index (κ3) is 3.57. The summed E-state index contributed by atoms with van der Waals surface area (Å²) in [5.74, 6) is 1.24. The first-order chi connectivity index (χ1) is 10.0. The Balaban J connectivity index is 2.33. The molecule has 0 amide bonds. The second kappa shape index (κ2) is 6.96. The number of hydrogen-bond donors (Lipinski definition) is 1. The molecule has 0 aliphatic rings. The largest absolute Gasteiger partial charge is 0.354 e. The number of rotatable bonds is 5. The Hall–Kier alpha value is -1.52. The summed E-state index contributed by atoms with van der Waals surface area (Å²) in [6.07, 6.45) is 1.61. The molecule has 1 aromatic heterocycles. The Morgan fingerprint density at radius 1 is 1.24 bits per heavy atom. The highest BCUT2D eigenvalue weighted by Gasteiger charge is 2.19. The van der Waals surface area contributed by atoms with Crippen molar-refractivity contribution in [2.45, 2.75) is 19.9 Å². The molecule has 0 radical (unpaired) electrons. The summed E-state index contributed by atoms with van der Waals surface area (Å²) in [5.41, 5.74) is 1.03.